The van der Waals surface area contributed by atoms with Crippen molar-refractivity contribution >= 4 is 41.3 Å². The van der Waals surface area contributed by atoms with Crippen LogP contribution in [0.1, 0.15) is 38.8 Å². The first-order valence-corrected chi connectivity index (χ1v) is 11.4. The fourth-order valence-corrected chi connectivity index (χ4v) is 5.72. The van der Waals surface area contributed by atoms with Crippen LogP contribution in [0, 0.1) is 29.0 Å². The van der Waals surface area contributed by atoms with Crippen molar-refractivity contribution in [1.29, 1.82) is 5.26 Å². The Hall–Kier alpha value is -2.45. The molecule has 150 valence electrons. The van der Waals surface area contributed by atoms with Crippen molar-refractivity contribution in [2.75, 3.05) is 5.75 Å². The minimum Gasteiger partial charge on any atom is -0.321 e. The molecule has 1 atom stereocenters. The van der Waals surface area contributed by atoms with E-state index in [1.54, 1.807) is 19.1 Å². The number of hydrogen-bond donors (Lipinski definition) is 1. The largest absolute Gasteiger partial charge is 0.321 e. The van der Waals surface area contributed by atoms with Gasteiger partial charge in [0.1, 0.15) is 5.82 Å². The highest BCUT2D eigenvalue weighted by Gasteiger charge is 2.41. The number of benzene rings is 2. The van der Waals surface area contributed by atoms with Crippen LogP contribution in [0.25, 0.3) is 20.2 Å². The minimum absolute atomic E-state index is 0.106. The van der Waals surface area contributed by atoms with E-state index < -0.39 is 31.7 Å². The predicted octanol–water partition coefficient (Wildman–Crippen LogP) is 4.46. The van der Waals surface area contributed by atoms with Crippen LogP contribution in [0.3, 0.4) is 0 Å². The Morgan fingerprint density at radius 1 is 1.14 bits per heavy atom. The first-order chi connectivity index (χ1) is 13.4. The second kappa shape index (κ2) is 7.11. The van der Waals surface area contributed by atoms with Gasteiger partial charge in [-0.25, -0.2) is 12.8 Å². The molecule has 0 radical (unpaired) electrons. The molecule has 2 N–H and O–H groups in total. The summed E-state index contributed by atoms with van der Waals surface area (Å²) in [5.41, 5.74) is 5.76. The van der Waals surface area contributed by atoms with Crippen LogP contribution in [-0.2, 0) is 15.4 Å². The second-order valence-corrected chi connectivity index (χ2v) is 11.4. The van der Waals surface area contributed by atoms with Crippen LogP contribution in [0.15, 0.2) is 30.3 Å². The average Bonchev–Trinajstić information content (AvgIpc) is 2.96. The number of halogens is 1. The van der Waals surface area contributed by atoms with E-state index in [9.17, 15) is 18.1 Å². The maximum atomic E-state index is 14.9. The van der Waals surface area contributed by atoms with Crippen molar-refractivity contribution < 1.29 is 12.8 Å². The van der Waals surface area contributed by atoms with E-state index >= 15 is 0 Å². The quantitative estimate of drug-likeness (QED) is 0.622. The predicted molar refractivity (Wildman–Crippen MR) is 117 cm³/mol. The Morgan fingerprint density at radius 2 is 1.79 bits per heavy atom. The summed E-state index contributed by atoms with van der Waals surface area (Å²) in [5, 5.41) is 10.9. The van der Waals surface area contributed by atoms with Gasteiger partial charge < -0.3 is 5.73 Å². The molecule has 0 aliphatic heterocycles. The molecule has 0 fully saturated rings. The zero-order chi connectivity index (χ0) is 21.6. The van der Waals surface area contributed by atoms with Crippen LogP contribution >= 0.6 is 11.3 Å². The monoisotopic (exact) mass is 428 g/mol. The van der Waals surface area contributed by atoms with Gasteiger partial charge in [-0.3, -0.25) is 0 Å². The first-order valence-electron chi connectivity index (χ1n) is 8.93. The van der Waals surface area contributed by atoms with Crippen molar-refractivity contribution in [1.82, 2.24) is 0 Å². The molecule has 0 aliphatic carbocycles. The maximum absolute atomic E-state index is 14.9. The molecule has 7 heteroatoms. The summed E-state index contributed by atoms with van der Waals surface area (Å²) < 4.78 is 40.4. The molecule has 1 unspecified atom stereocenters. The highest BCUT2D eigenvalue weighted by atomic mass is 32.2. The lowest BCUT2D eigenvalue weighted by Crippen LogP contribution is -2.46. The van der Waals surface area contributed by atoms with E-state index in [1.807, 2.05) is 18.2 Å². The zero-order valence-electron chi connectivity index (χ0n) is 16.6. The molecule has 0 aliphatic rings. The molecule has 3 rings (SSSR count). The molecule has 29 heavy (non-hydrogen) atoms. The number of thiophene rings is 1. The first kappa shape index (κ1) is 21.3. The molecular formula is C22H21FN2O2S2. The van der Waals surface area contributed by atoms with E-state index in [2.05, 4.69) is 11.8 Å². The number of hydrogen-bond acceptors (Lipinski definition) is 5. The number of sulfone groups is 1. The fraction of sp³-hybridized carbons (Fsp3) is 0.318. The molecule has 4 nitrogen and oxygen atoms in total. The molecule has 0 bridgehead atoms. The van der Waals surface area contributed by atoms with Crippen molar-refractivity contribution in [2.24, 2.45) is 5.73 Å². The third-order valence-corrected chi connectivity index (χ3v) is 8.74. The van der Waals surface area contributed by atoms with Gasteiger partial charge in [0, 0.05) is 31.3 Å². The third kappa shape index (κ3) is 3.74. The summed E-state index contributed by atoms with van der Waals surface area (Å²) in [6.07, 6.45) is 0. The van der Waals surface area contributed by atoms with E-state index in [0.717, 1.165) is 25.7 Å². The Bertz CT molecular complexity index is 1330. The Balaban J connectivity index is 2.19. The van der Waals surface area contributed by atoms with Crippen LogP contribution in [0.2, 0.25) is 0 Å². The molecule has 0 saturated heterocycles. The van der Waals surface area contributed by atoms with Gasteiger partial charge in [0.05, 0.1) is 17.4 Å². The number of nitrogens with zero attached hydrogens (tertiary/aromatic N) is 1. The number of nitrogens with two attached hydrogens (primary N) is 1. The summed E-state index contributed by atoms with van der Waals surface area (Å²) >= 11 is 1.45. The Morgan fingerprint density at radius 3 is 2.41 bits per heavy atom. The van der Waals surface area contributed by atoms with E-state index in [0.29, 0.717) is 0 Å². The molecule has 1 aromatic heterocycles. The van der Waals surface area contributed by atoms with E-state index in [4.69, 9.17) is 5.73 Å². The van der Waals surface area contributed by atoms with Gasteiger partial charge in [0.2, 0.25) is 0 Å². The lowest BCUT2D eigenvalue weighted by Gasteiger charge is -2.28. The van der Waals surface area contributed by atoms with Crippen molar-refractivity contribution in [3.8, 4) is 17.9 Å². The van der Waals surface area contributed by atoms with E-state index in [1.165, 1.54) is 38.2 Å². The molecule has 0 spiro atoms. The average molecular weight is 429 g/mol. The molecule has 1 heterocycles. The molecule has 0 amide bonds. The summed E-state index contributed by atoms with van der Waals surface area (Å²) in [7, 11) is -3.90. The van der Waals surface area contributed by atoms with E-state index in [-0.39, 0.29) is 5.56 Å². The molecule has 0 saturated carbocycles. The highest BCUT2D eigenvalue weighted by molar-refractivity contribution is 7.93. The molecular weight excluding hydrogens is 407 g/mol. The van der Waals surface area contributed by atoms with Crippen molar-refractivity contribution in [3.63, 3.8) is 0 Å². The van der Waals surface area contributed by atoms with Crippen molar-refractivity contribution in [2.45, 2.75) is 38.0 Å². The lowest BCUT2D eigenvalue weighted by molar-refractivity contribution is 0.488. The third-order valence-electron chi connectivity index (χ3n) is 4.98. The standard InChI is InChI=1S/C22H21FN2O2S2/c1-5-6-14-7-8-19-15(9-14)16-10-17(18(23)11-20(16)28-19)22(4,25)13-29(26,27)21(2,3)12-24/h7-11H,13,25H2,1-4H3. The topological polar surface area (TPSA) is 84.0 Å². The highest BCUT2D eigenvalue weighted by Crippen LogP contribution is 2.38. The van der Waals surface area contributed by atoms with Crippen LogP contribution in [0.4, 0.5) is 4.39 Å². The lowest BCUT2D eigenvalue weighted by atomic mass is 9.93. The van der Waals surface area contributed by atoms with Gasteiger partial charge in [-0.2, -0.15) is 5.26 Å². The molecule has 2 aromatic carbocycles. The van der Waals surface area contributed by atoms with Gasteiger partial charge in [0.15, 0.2) is 14.6 Å². The maximum Gasteiger partial charge on any atom is 0.170 e. The van der Waals surface area contributed by atoms with Gasteiger partial charge in [0.25, 0.3) is 0 Å². The van der Waals surface area contributed by atoms with Crippen LogP contribution < -0.4 is 5.73 Å². The number of nitriles is 1. The zero-order valence-corrected chi connectivity index (χ0v) is 18.3. The normalized spacial score (nSPS) is 14.2. The fourth-order valence-electron chi connectivity index (χ4n) is 3.18. The van der Waals surface area contributed by atoms with Crippen molar-refractivity contribution in [3.05, 3.63) is 47.3 Å². The second-order valence-electron chi connectivity index (χ2n) is 7.81. The Labute approximate surface area is 174 Å². The van der Waals surface area contributed by atoms with Gasteiger partial charge >= 0.3 is 0 Å². The summed E-state index contributed by atoms with van der Waals surface area (Å²) in [6, 6.07) is 10.6. The smallest absolute Gasteiger partial charge is 0.170 e. The van der Waals surface area contributed by atoms with Crippen LogP contribution in [-0.4, -0.2) is 18.9 Å². The van der Waals surface area contributed by atoms with Gasteiger partial charge in [-0.05, 0) is 58.0 Å². The number of rotatable bonds is 4. The Kier molecular flexibility index (Phi) is 5.21. The number of fused-ring (bicyclic) bond motifs is 3. The van der Waals surface area contributed by atoms with Crippen LogP contribution in [0.5, 0.6) is 0 Å². The van der Waals surface area contributed by atoms with Gasteiger partial charge in [-0.1, -0.05) is 5.92 Å². The minimum atomic E-state index is -3.90. The molecule has 3 aromatic rings. The van der Waals surface area contributed by atoms with Gasteiger partial charge in [-0.15, -0.1) is 17.3 Å². The SMILES string of the molecule is CC#Cc1ccc2sc3cc(F)c(C(C)(N)CS(=O)(=O)C(C)(C)C#N)cc3c2c1. The summed E-state index contributed by atoms with van der Waals surface area (Å²) in [5.74, 6) is 4.76. The summed E-state index contributed by atoms with van der Waals surface area (Å²) in [4.78, 5) is 0. The summed E-state index contributed by atoms with van der Waals surface area (Å²) in [6.45, 7) is 5.87.